The Morgan fingerprint density at radius 3 is 2.83 bits per heavy atom. The molecule has 0 fully saturated rings. The normalized spacial score (nSPS) is 12.2. The Morgan fingerprint density at radius 1 is 1.58 bits per heavy atom. The summed E-state index contributed by atoms with van der Waals surface area (Å²) in [5, 5.41) is 8.55. The number of nitrogens with two attached hydrogens (primary N) is 1. The second-order valence-electron chi connectivity index (χ2n) is 2.60. The first-order valence-electron chi connectivity index (χ1n) is 3.84. The molecule has 0 aliphatic heterocycles. The number of aliphatic hydroxyl groups is 1. The van der Waals surface area contributed by atoms with Crippen molar-refractivity contribution >= 4 is 12.4 Å². The predicted molar refractivity (Wildman–Crippen MR) is 51.3 cm³/mol. The summed E-state index contributed by atoms with van der Waals surface area (Å²) in [7, 11) is 0. The van der Waals surface area contributed by atoms with E-state index in [0.717, 1.165) is 18.5 Å². The highest BCUT2D eigenvalue weighted by Gasteiger charge is 2.04. The van der Waals surface area contributed by atoms with Gasteiger partial charge in [-0.3, -0.25) is 0 Å². The molecule has 0 aliphatic carbocycles. The predicted octanol–water partition coefficient (Wildman–Crippen LogP) is 1.21. The molecule has 1 rings (SSSR count). The minimum atomic E-state index is 0. The molecule has 4 heteroatoms. The van der Waals surface area contributed by atoms with Crippen LogP contribution in [-0.2, 0) is 0 Å². The highest BCUT2D eigenvalue weighted by Crippen LogP contribution is 2.12. The number of halogens is 1. The lowest BCUT2D eigenvalue weighted by molar-refractivity contribution is 0.279. The van der Waals surface area contributed by atoms with Crippen LogP contribution < -0.4 is 5.73 Å². The van der Waals surface area contributed by atoms with Gasteiger partial charge in [-0.05, 0) is 25.0 Å². The fraction of sp³-hybridized carbons (Fsp3) is 0.500. The number of aromatic nitrogens is 1. The van der Waals surface area contributed by atoms with Crippen LogP contribution in [0.25, 0.3) is 0 Å². The molecule has 0 amide bonds. The van der Waals surface area contributed by atoms with Crippen LogP contribution in [0.3, 0.4) is 0 Å². The number of aromatic amines is 1. The van der Waals surface area contributed by atoms with Crippen molar-refractivity contribution < 1.29 is 5.11 Å². The van der Waals surface area contributed by atoms with Crippen molar-refractivity contribution in [2.75, 3.05) is 6.61 Å². The Bertz CT molecular complexity index is 189. The van der Waals surface area contributed by atoms with E-state index in [9.17, 15) is 0 Å². The molecule has 0 radical (unpaired) electrons. The van der Waals surface area contributed by atoms with Gasteiger partial charge >= 0.3 is 0 Å². The van der Waals surface area contributed by atoms with Gasteiger partial charge < -0.3 is 15.8 Å². The number of rotatable bonds is 4. The first-order valence-corrected chi connectivity index (χ1v) is 3.84. The molecule has 1 aromatic heterocycles. The maximum atomic E-state index is 8.55. The van der Waals surface area contributed by atoms with Gasteiger partial charge in [-0.15, -0.1) is 12.4 Å². The van der Waals surface area contributed by atoms with E-state index in [0.29, 0.717) is 0 Å². The topological polar surface area (TPSA) is 62.0 Å². The van der Waals surface area contributed by atoms with Crippen molar-refractivity contribution in [3.63, 3.8) is 0 Å². The number of hydrogen-bond acceptors (Lipinski definition) is 2. The maximum Gasteiger partial charge on any atom is 0.0448 e. The molecule has 0 spiro atoms. The van der Waals surface area contributed by atoms with Gasteiger partial charge in [-0.1, -0.05) is 0 Å². The number of hydrogen-bond donors (Lipinski definition) is 3. The van der Waals surface area contributed by atoms with E-state index in [2.05, 4.69) is 4.98 Å². The summed E-state index contributed by atoms with van der Waals surface area (Å²) >= 11 is 0. The van der Waals surface area contributed by atoms with E-state index in [1.165, 1.54) is 0 Å². The molecule has 0 bridgehead atoms. The lowest BCUT2D eigenvalue weighted by Gasteiger charge is -2.07. The van der Waals surface area contributed by atoms with Crippen LogP contribution in [0, 0.1) is 0 Å². The summed E-state index contributed by atoms with van der Waals surface area (Å²) < 4.78 is 0. The number of nitrogens with one attached hydrogen (secondary N) is 1. The summed E-state index contributed by atoms with van der Waals surface area (Å²) in [6, 6.07) is 3.92. The van der Waals surface area contributed by atoms with Gasteiger partial charge in [-0.2, -0.15) is 0 Å². The van der Waals surface area contributed by atoms with E-state index >= 15 is 0 Å². The van der Waals surface area contributed by atoms with Crippen molar-refractivity contribution in [3.05, 3.63) is 24.0 Å². The fourth-order valence-corrected chi connectivity index (χ4v) is 1.04. The summed E-state index contributed by atoms with van der Waals surface area (Å²) in [6.07, 6.45) is 3.45. The van der Waals surface area contributed by atoms with Gasteiger partial charge in [0.2, 0.25) is 0 Å². The molecule has 0 saturated heterocycles. The van der Waals surface area contributed by atoms with Crippen molar-refractivity contribution in [1.82, 2.24) is 4.98 Å². The number of H-pyrrole nitrogens is 1. The molecule has 0 aromatic carbocycles. The highest BCUT2D eigenvalue weighted by atomic mass is 35.5. The lowest BCUT2D eigenvalue weighted by Crippen LogP contribution is -2.10. The third-order valence-corrected chi connectivity index (χ3v) is 1.69. The molecule has 0 unspecified atom stereocenters. The molecule has 4 N–H and O–H groups in total. The van der Waals surface area contributed by atoms with E-state index in [-0.39, 0.29) is 25.1 Å². The van der Waals surface area contributed by atoms with E-state index in [1.54, 1.807) is 0 Å². The quantitative estimate of drug-likeness (QED) is 0.669. The molecular formula is C8H15ClN2O. The Balaban J connectivity index is 0.00000121. The average molecular weight is 191 g/mol. The van der Waals surface area contributed by atoms with E-state index < -0.39 is 0 Å². The zero-order valence-corrected chi connectivity index (χ0v) is 7.68. The van der Waals surface area contributed by atoms with Crippen LogP contribution in [0.1, 0.15) is 24.6 Å². The monoisotopic (exact) mass is 190 g/mol. The second-order valence-corrected chi connectivity index (χ2v) is 2.60. The summed E-state index contributed by atoms with van der Waals surface area (Å²) in [5.74, 6) is 0. The first-order chi connectivity index (χ1) is 5.34. The highest BCUT2D eigenvalue weighted by molar-refractivity contribution is 5.85. The second kappa shape index (κ2) is 6.06. The SMILES string of the molecule is Cl.N[C@@H](CCCO)c1ccc[nH]1. The van der Waals surface area contributed by atoms with Crippen LogP contribution in [-0.4, -0.2) is 16.7 Å². The van der Waals surface area contributed by atoms with Crippen LogP contribution >= 0.6 is 12.4 Å². The van der Waals surface area contributed by atoms with Crippen LogP contribution in [0.4, 0.5) is 0 Å². The van der Waals surface area contributed by atoms with Crippen molar-refractivity contribution in [3.8, 4) is 0 Å². The van der Waals surface area contributed by atoms with Crippen LogP contribution in [0.5, 0.6) is 0 Å². The minimum absolute atomic E-state index is 0. The van der Waals surface area contributed by atoms with Crippen molar-refractivity contribution in [2.45, 2.75) is 18.9 Å². The molecule has 3 nitrogen and oxygen atoms in total. The van der Waals surface area contributed by atoms with Gasteiger partial charge in [0.15, 0.2) is 0 Å². The largest absolute Gasteiger partial charge is 0.396 e. The average Bonchev–Trinajstić information content (AvgIpc) is 2.52. The zero-order valence-electron chi connectivity index (χ0n) is 6.86. The maximum absolute atomic E-state index is 8.55. The minimum Gasteiger partial charge on any atom is -0.396 e. The molecular weight excluding hydrogens is 176 g/mol. The summed E-state index contributed by atoms with van der Waals surface area (Å²) in [4.78, 5) is 3.04. The Labute approximate surface area is 78.4 Å². The van der Waals surface area contributed by atoms with E-state index in [1.807, 2.05) is 18.3 Å². The Kier molecular flexibility index (Phi) is 5.80. The van der Waals surface area contributed by atoms with E-state index in [4.69, 9.17) is 10.8 Å². The van der Waals surface area contributed by atoms with Gasteiger partial charge in [0.05, 0.1) is 0 Å². The number of aliphatic hydroxyl groups excluding tert-OH is 1. The molecule has 70 valence electrons. The van der Waals surface area contributed by atoms with Gasteiger partial charge in [0, 0.05) is 24.5 Å². The molecule has 0 saturated carbocycles. The molecule has 1 atom stereocenters. The molecule has 0 aliphatic rings. The molecule has 1 heterocycles. The van der Waals surface area contributed by atoms with Gasteiger partial charge in [0.1, 0.15) is 0 Å². The molecule has 1 aromatic rings. The zero-order chi connectivity index (χ0) is 8.10. The molecule has 12 heavy (non-hydrogen) atoms. The van der Waals surface area contributed by atoms with Gasteiger partial charge in [-0.25, -0.2) is 0 Å². The Hall–Kier alpha value is -0.510. The first kappa shape index (κ1) is 11.5. The Morgan fingerprint density at radius 2 is 2.33 bits per heavy atom. The summed E-state index contributed by atoms with van der Waals surface area (Å²) in [6.45, 7) is 0.217. The van der Waals surface area contributed by atoms with Crippen LogP contribution in [0.15, 0.2) is 18.3 Å². The van der Waals surface area contributed by atoms with Crippen molar-refractivity contribution in [2.24, 2.45) is 5.73 Å². The smallest absolute Gasteiger partial charge is 0.0448 e. The standard InChI is InChI=1S/C8H14N2O.ClH/c9-7(3-2-6-11)8-4-1-5-10-8;/h1,4-5,7,10-11H,2-3,6,9H2;1H/t7-;/m0./s1. The summed E-state index contributed by atoms with van der Waals surface area (Å²) in [5.41, 5.74) is 6.82. The van der Waals surface area contributed by atoms with Crippen molar-refractivity contribution in [1.29, 1.82) is 0 Å². The third kappa shape index (κ3) is 3.26. The fourth-order valence-electron chi connectivity index (χ4n) is 1.04. The lowest BCUT2D eigenvalue weighted by atomic mass is 10.1. The third-order valence-electron chi connectivity index (χ3n) is 1.69. The van der Waals surface area contributed by atoms with Gasteiger partial charge in [0.25, 0.3) is 0 Å². The van der Waals surface area contributed by atoms with Crippen LogP contribution in [0.2, 0.25) is 0 Å².